The van der Waals surface area contributed by atoms with Gasteiger partial charge in [0.25, 0.3) is 0 Å². The molecule has 0 amide bonds. The molecule has 90 valence electrons. The van der Waals surface area contributed by atoms with Crippen LogP contribution in [0.1, 0.15) is 23.6 Å². The average molecular weight is 239 g/mol. The highest BCUT2D eigenvalue weighted by molar-refractivity contribution is 5.27. The number of benzene rings is 1. The summed E-state index contributed by atoms with van der Waals surface area (Å²) >= 11 is 0. The Labute approximate surface area is 89.1 Å². The van der Waals surface area contributed by atoms with E-state index in [2.05, 4.69) is 0 Å². The first kappa shape index (κ1) is 12.9. The predicted molar refractivity (Wildman–Crippen MR) is 48.7 cm³/mol. The van der Waals surface area contributed by atoms with Crippen molar-refractivity contribution in [2.45, 2.75) is 25.6 Å². The molecule has 0 unspecified atom stereocenters. The summed E-state index contributed by atoms with van der Waals surface area (Å²) in [5.74, 6) is -2.47. The fourth-order valence-electron chi connectivity index (χ4n) is 1.31. The molecule has 0 radical (unpaired) electrons. The van der Waals surface area contributed by atoms with Gasteiger partial charge < -0.3 is 5.73 Å². The topological polar surface area (TPSA) is 26.0 Å². The van der Waals surface area contributed by atoms with Crippen molar-refractivity contribution in [2.24, 2.45) is 5.73 Å². The quantitative estimate of drug-likeness (QED) is 0.788. The number of hydrogen-bond acceptors (Lipinski definition) is 1. The van der Waals surface area contributed by atoms with Crippen LogP contribution in [0.15, 0.2) is 12.1 Å². The minimum absolute atomic E-state index is 0.0282. The SMILES string of the molecule is Cc1ccc([C@@H](N)CC(F)(F)F)c(F)c1F. The molecule has 0 aliphatic carbocycles. The van der Waals surface area contributed by atoms with E-state index in [9.17, 15) is 22.0 Å². The zero-order valence-electron chi connectivity index (χ0n) is 8.41. The van der Waals surface area contributed by atoms with Crippen LogP contribution in [0.5, 0.6) is 0 Å². The van der Waals surface area contributed by atoms with Gasteiger partial charge in [-0.05, 0) is 12.5 Å². The van der Waals surface area contributed by atoms with E-state index >= 15 is 0 Å². The average Bonchev–Trinajstić information content (AvgIpc) is 2.11. The monoisotopic (exact) mass is 239 g/mol. The lowest BCUT2D eigenvalue weighted by atomic mass is 10.0. The third-order valence-electron chi connectivity index (χ3n) is 2.16. The van der Waals surface area contributed by atoms with Crippen LogP contribution in [0.25, 0.3) is 0 Å². The van der Waals surface area contributed by atoms with Crippen molar-refractivity contribution in [1.29, 1.82) is 0 Å². The molecule has 0 saturated heterocycles. The molecule has 0 spiro atoms. The number of aryl methyl sites for hydroxylation is 1. The van der Waals surface area contributed by atoms with Crippen LogP contribution in [-0.4, -0.2) is 6.18 Å². The van der Waals surface area contributed by atoms with Gasteiger partial charge in [0.05, 0.1) is 6.42 Å². The lowest BCUT2D eigenvalue weighted by Gasteiger charge is -2.15. The van der Waals surface area contributed by atoms with E-state index < -0.39 is 35.8 Å². The summed E-state index contributed by atoms with van der Waals surface area (Å²) in [4.78, 5) is 0. The van der Waals surface area contributed by atoms with Crippen LogP contribution < -0.4 is 5.73 Å². The molecular formula is C10H10F5N. The van der Waals surface area contributed by atoms with Crippen LogP contribution in [-0.2, 0) is 0 Å². The van der Waals surface area contributed by atoms with E-state index in [1.54, 1.807) is 0 Å². The molecule has 1 aromatic carbocycles. The molecule has 0 saturated carbocycles. The van der Waals surface area contributed by atoms with Crippen LogP contribution in [0, 0.1) is 18.6 Å². The Balaban J connectivity index is 3.01. The number of rotatable bonds is 2. The number of halogens is 5. The summed E-state index contributed by atoms with van der Waals surface area (Å²) in [5.41, 5.74) is 4.74. The molecule has 1 nitrogen and oxygen atoms in total. The summed E-state index contributed by atoms with van der Waals surface area (Å²) in [6, 6.07) is 0.684. The summed E-state index contributed by atoms with van der Waals surface area (Å²) < 4.78 is 62.4. The van der Waals surface area contributed by atoms with Crippen molar-refractivity contribution < 1.29 is 22.0 Å². The fourth-order valence-corrected chi connectivity index (χ4v) is 1.31. The second-order valence-corrected chi connectivity index (χ2v) is 3.53. The molecule has 0 fully saturated rings. The fraction of sp³-hybridized carbons (Fsp3) is 0.400. The maximum atomic E-state index is 13.3. The first-order valence-electron chi connectivity index (χ1n) is 4.49. The molecule has 6 heteroatoms. The molecular weight excluding hydrogens is 229 g/mol. The Kier molecular flexibility index (Phi) is 3.52. The van der Waals surface area contributed by atoms with Crippen LogP contribution in [0.2, 0.25) is 0 Å². The predicted octanol–water partition coefficient (Wildman–Crippen LogP) is 3.23. The number of nitrogens with two attached hydrogens (primary N) is 1. The first-order valence-corrected chi connectivity index (χ1v) is 4.49. The molecule has 0 aliphatic heterocycles. The minimum atomic E-state index is -4.51. The van der Waals surface area contributed by atoms with Gasteiger partial charge in [-0.2, -0.15) is 13.2 Å². The van der Waals surface area contributed by atoms with Gasteiger partial charge in [-0.1, -0.05) is 12.1 Å². The summed E-state index contributed by atoms with van der Waals surface area (Å²) in [7, 11) is 0. The van der Waals surface area contributed by atoms with E-state index in [0.717, 1.165) is 6.07 Å². The van der Waals surface area contributed by atoms with Crippen molar-refractivity contribution in [2.75, 3.05) is 0 Å². The standard InChI is InChI=1S/C10H10F5N/c1-5-2-3-6(9(12)8(5)11)7(16)4-10(13,14)15/h2-3,7H,4,16H2,1H3/t7-/m0/s1. The molecule has 0 aromatic heterocycles. The van der Waals surface area contributed by atoms with Crippen molar-refractivity contribution >= 4 is 0 Å². The van der Waals surface area contributed by atoms with E-state index in [1.807, 2.05) is 0 Å². The molecule has 0 heterocycles. The van der Waals surface area contributed by atoms with Crippen LogP contribution in [0.4, 0.5) is 22.0 Å². The van der Waals surface area contributed by atoms with Gasteiger partial charge in [0.15, 0.2) is 11.6 Å². The normalized spacial score (nSPS) is 13.9. The zero-order valence-corrected chi connectivity index (χ0v) is 8.41. The third-order valence-corrected chi connectivity index (χ3v) is 2.16. The van der Waals surface area contributed by atoms with Gasteiger partial charge in [-0.15, -0.1) is 0 Å². The smallest absolute Gasteiger partial charge is 0.324 e. The second kappa shape index (κ2) is 4.37. The molecule has 1 aromatic rings. The van der Waals surface area contributed by atoms with E-state index in [1.165, 1.54) is 13.0 Å². The Morgan fingerprint density at radius 3 is 2.25 bits per heavy atom. The van der Waals surface area contributed by atoms with Crippen molar-refractivity contribution in [1.82, 2.24) is 0 Å². The maximum absolute atomic E-state index is 13.3. The molecule has 2 N–H and O–H groups in total. The van der Waals surface area contributed by atoms with Gasteiger partial charge in [0.1, 0.15) is 0 Å². The van der Waals surface area contributed by atoms with E-state index in [-0.39, 0.29) is 5.56 Å². The molecule has 16 heavy (non-hydrogen) atoms. The Morgan fingerprint density at radius 1 is 1.19 bits per heavy atom. The first-order chi connectivity index (χ1) is 7.22. The summed E-state index contributed by atoms with van der Waals surface area (Å²) in [6.45, 7) is 1.32. The molecule has 0 bridgehead atoms. The molecule has 1 rings (SSSR count). The van der Waals surface area contributed by atoms with Crippen LogP contribution in [0.3, 0.4) is 0 Å². The summed E-state index contributed by atoms with van der Waals surface area (Å²) in [6.07, 6.45) is -5.89. The van der Waals surface area contributed by atoms with Crippen molar-refractivity contribution in [3.63, 3.8) is 0 Å². The minimum Gasteiger partial charge on any atom is -0.324 e. The Bertz CT molecular complexity index is 386. The largest absolute Gasteiger partial charge is 0.390 e. The van der Waals surface area contributed by atoms with Crippen molar-refractivity contribution in [3.8, 4) is 0 Å². The van der Waals surface area contributed by atoms with E-state index in [4.69, 9.17) is 5.73 Å². The summed E-state index contributed by atoms with van der Waals surface area (Å²) in [5, 5.41) is 0. The lowest BCUT2D eigenvalue weighted by Crippen LogP contribution is -2.21. The zero-order chi connectivity index (χ0) is 12.5. The highest BCUT2D eigenvalue weighted by Gasteiger charge is 2.32. The van der Waals surface area contributed by atoms with Crippen LogP contribution >= 0.6 is 0 Å². The highest BCUT2D eigenvalue weighted by atomic mass is 19.4. The molecule has 1 atom stereocenters. The molecule has 0 aliphatic rings. The van der Waals surface area contributed by atoms with E-state index in [0.29, 0.717) is 0 Å². The Morgan fingerprint density at radius 2 is 1.75 bits per heavy atom. The lowest BCUT2D eigenvalue weighted by molar-refractivity contribution is -0.138. The number of alkyl halides is 3. The highest BCUT2D eigenvalue weighted by Crippen LogP contribution is 2.30. The Hall–Kier alpha value is -1.17. The van der Waals surface area contributed by atoms with Gasteiger partial charge in [-0.3, -0.25) is 0 Å². The third kappa shape index (κ3) is 2.91. The number of hydrogen-bond donors (Lipinski definition) is 1. The van der Waals surface area contributed by atoms with Gasteiger partial charge >= 0.3 is 6.18 Å². The van der Waals surface area contributed by atoms with Gasteiger partial charge in [0, 0.05) is 11.6 Å². The van der Waals surface area contributed by atoms with Gasteiger partial charge in [0.2, 0.25) is 0 Å². The van der Waals surface area contributed by atoms with Crippen molar-refractivity contribution in [3.05, 3.63) is 34.9 Å². The second-order valence-electron chi connectivity index (χ2n) is 3.53. The maximum Gasteiger partial charge on any atom is 0.390 e. The van der Waals surface area contributed by atoms with Gasteiger partial charge in [-0.25, -0.2) is 8.78 Å².